The molecule has 5 nitrogen and oxygen atoms in total. The molecule has 1 N–H and O–H groups in total. The van der Waals surface area contributed by atoms with Gasteiger partial charge in [-0.05, 0) is 30.4 Å². The van der Waals surface area contributed by atoms with Gasteiger partial charge in [0, 0.05) is 12.5 Å². The van der Waals surface area contributed by atoms with Crippen LogP contribution in [-0.4, -0.2) is 26.1 Å². The third-order valence-electron chi connectivity index (χ3n) is 3.66. The lowest BCUT2D eigenvalue weighted by molar-refractivity contribution is 0.0690. The molecule has 1 atom stereocenters. The minimum absolute atomic E-state index is 0.00379. The topological polar surface area (TPSA) is 68.0 Å². The van der Waals surface area contributed by atoms with Crippen LogP contribution in [-0.2, 0) is 13.0 Å². The highest BCUT2D eigenvalue weighted by atomic mass is 16.4. The number of rotatable bonds is 3. The number of benzene rings is 1. The minimum Gasteiger partial charge on any atom is -0.476 e. The fourth-order valence-electron chi connectivity index (χ4n) is 2.76. The molecule has 0 saturated carbocycles. The molecule has 0 fully saturated rings. The second kappa shape index (κ2) is 4.84. The van der Waals surface area contributed by atoms with Crippen molar-refractivity contribution in [2.24, 2.45) is 0 Å². The molecule has 98 valence electrons. The Morgan fingerprint density at radius 1 is 1.42 bits per heavy atom. The Labute approximate surface area is 110 Å². The molecule has 1 unspecified atom stereocenters. The molecule has 0 aliphatic heterocycles. The second-order valence-electron chi connectivity index (χ2n) is 4.92. The monoisotopic (exact) mass is 257 g/mol. The quantitative estimate of drug-likeness (QED) is 0.914. The molecule has 5 heteroatoms. The van der Waals surface area contributed by atoms with Gasteiger partial charge in [0.05, 0.1) is 6.20 Å². The fourth-order valence-corrected chi connectivity index (χ4v) is 2.76. The van der Waals surface area contributed by atoms with Crippen molar-refractivity contribution in [1.82, 2.24) is 15.0 Å². The van der Waals surface area contributed by atoms with Gasteiger partial charge < -0.3 is 5.11 Å². The molecule has 3 rings (SSSR count). The van der Waals surface area contributed by atoms with Gasteiger partial charge in [0.2, 0.25) is 0 Å². The highest BCUT2D eigenvalue weighted by Crippen LogP contribution is 2.32. The van der Waals surface area contributed by atoms with Crippen LogP contribution in [0, 0.1) is 0 Å². The van der Waals surface area contributed by atoms with Crippen LogP contribution in [0.2, 0.25) is 0 Å². The maximum absolute atomic E-state index is 10.8. The van der Waals surface area contributed by atoms with E-state index < -0.39 is 5.97 Å². The SMILES string of the molecule is O=C(O)c1cn(CC2CCCc3ccccc32)nn1. The molecular formula is C14H15N3O2. The average Bonchev–Trinajstić information content (AvgIpc) is 2.88. The number of fused-ring (bicyclic) bond motifs is 1. The third kappa shape index (κ3) is 2.36. The van der Waals surface area contributed by atoms with E-state index in [0.717, 1.165) is 12.8 Å². The van der Waals surface area contributed by atoms with Gasteiger partial charge in [-0.25, -0.2) is 4.79 Å². The molecule has 0 amide bonds. The molecule has 19 heavy (non-hydrogen) atoms. The summed E-state index contributed by atoms with van der Waals surface area (Å²) < 4.78 is 1.64. The van der Waals surface area contributed by atoms with E-state index in [-0.39, 0.29) is 5.69 Å². The van der Waals surface area contributed by atoms with Crippen LogP contribution in [0.1, 0.15) is 40.4 Å². The van der Waals surface area contributed by atoms with E-state index >= 15 is 0 Å². The molecular weight excluding hydrogens is 242 g/mol. The van der Waals surface area contributed by atoms with E-state index in [0.29, 0.717) is 12.5 Å². The Morgan fingerprint density at radius 2 is 2.26 bits per heavy atom. The maximum atomic E-state index is 10.8. The van der Waals surface area contributed by atoms with Gasteiger partial charge in [-0.2, -0.15) is 0 Å². The lowest BCUT2D eigenvalue weighted by Crippen LogP contribution is -2.16. The summed E-state index contributed by atoms with van der Waals surface area (Å²) in [5.41, 5.74) is 2.77. The van der Waals surface area contributed by atoms with Crippen LogP contribution in [0.4, 0.5) is 0 Å². The summed E-state index contributed by atoms with van der Waals surface area (Å²) in [7, 11) is 0. The van der Waals surface area contributed by atoms with E-state index in [9.17, 15) is 4.79 Å². The predicted octanol–water partition coefficient (Wildman–Crippen LogP) is 2.10. The number of hydrogen-bond donors (Lipinski definition) is 1. The van der Waals surface area contributed by atoms with Crippen LogP contribution in [0.5, 0.6) is 0 Å². The Bertz CT molecular complexity index is 606. The van der Waals surface area contributed by atoms with E-state index in [1.165, 1.54) is 23.7 Å². The van der Waals surface area contributed by atoms with Crippen molar-refractivity contribution in [3.63, 3.8) is 0 Å². The molecule has 0 spiro atoms. The largest absolute Gasteiger partial charge is 0.476 e. The minimum atomic E-state index is -1.03. The van der Waals surface area contributed by atoms with E-state index in [2.05, 4.69) is 34.6 Å². The van der Waals surface area contributed by atoms with Crippen LogP contribution < -0.4 is 0 Å². The number of hydrogen-bond acceptors (Lipinski definition) is 3. The lowest BCUT2D eigenvalue weighted by atomic mass is 9.83. The molecule has 2 aromatic rings. The predicted molar refractivity (Wildman–Crippen MR) is 69.1 cm³/mol. The number of nitrogens with zero attached hydrogens (tertiary/aromatic N) is 3. The van der Waals surface area contributed by atoms with Crippen molar-refractivity contribution in [3.05, 3.63) is 47.3 Å². The fraction of sp³-hybridized carbons (Fsp3) is 0.357. The van der Waals surface area contributed by atoms with E-state index in [1.54, 1.807) is 4.68 Å². The highest BCUT2D eigenvalue weighted by Gasteiger charge is 2.21. The maximum Gasteiger partial charge on any atom is 0.358 e. The molecule has 0 saturated heterocycles. The van der Waals surface area contributed by atoms with Crippen LogP contribution in [0.3, 0.4) is 0 Å². The van der Waals surface area contributed by atoms with Gasteiger partial charge in [0.1, 0.15) is 0 Å². The Kier molecular flexibility index (Phi) is 3.03. The summed E-state index contributed by atoms with van der Waals surface area (Å²) >= 11 is 0. The van der Waals surface area contributed by atoms with Gasteiger partial charge in [0.15, 0.2) is 5.69 Å². The van der Waals surface area contributed by atoms with Crippen molar-refractivity contribution in [2.75, 3.05) is 0 Å². The van der Waals surface area contributed by atoms with Gasteiger partial charge in [-0.15, -0.1) is 5.10 Å². The average molecular weight is 257 g/mol. The van der Waals surface area contributed by atoms with Crippen LogP contribution in [0.25, 0.3) is 0 Å². The first-order chi connectivity index (χ1) is 9.24. The van der Waals surface area contributed by atoms with Crippen molar-refractivity contribution in [3.8, 4) is 0 Å². The second-order valence-corrected chi connectivity index (χ2v) is 4.92. The standard InChI is InChI=1S/C14H15N3O2/c18-14(19)13-9-17(16-15-13)8-11-6-3-5-10-4-1-2-7-12(10)11/h1-2,4,7,9,11H,3,5-6,8H2,(H,18,19). The summed E-state index contributed by atoms with van der Waals surface area (Å²) in [5.74, 6) is -0.636. The summed E-state index contributed by atoms with van der Waals surface area (Å²) in [6.07, 6.45) is 4.91. The van der Waals surface area contributed by atoms with Gasteiger partial charge in [-0.3, -0.25) is 4.68 Å². The van der Waals surface area contributed by atoms with Gasteiger partial charge >= 0.3 is 5.97 Å². The number of aryl methyl sites for hydroxylation is 1. The first-order valence-electron chi connectivity index (χ1n) is 6.45. The normalized spacial score (nSPS) is 18.0. The highest BCUT2D eigenvalue weighted by molar-refractivity contribution is 5.84. The van der Waals surface area contributed by atoms with Crippen LogP contribution >= 0.6 is 0 Å². The molecule has 1 aromatic carbocycles. The lowest BCUT2D eigenvalue weighted by Gasteiger charge is -2.25. The van der Waals surface area contributed by atoms with Crippen molar-refractivity contribution in [1.29, 1.82) is 0 Å². The number of carboxylic acid groups (broad SMARTS) is 1. The zero-order valence-electron chi connectivity index (χ0n) is 10.5. The van der Waals surface area contributed by atoms with E-state index in [4.69, 9.17) is 5.11 Å². The molecule has 0 bridgehead atoms. The summed E-state index contributed by atoms with van der Waals surface area (Å²) in [6, 6.07) is 8.46. The summed E-state index contributed by atoms with van der Waals surface area (Å²) in [6.45, 7) is 0.692. The molecule has 1 aliphatic rings. The number of aromatic nitrogens is 3. The summed E-state index contributed by atoms with van der Waals surface area (Å²) in [4.78, 5) is 10.8. The van der Waals surface area contributed by atoms with Gasteiger partial charge in [-0.1, -0.05) is 29.5 Å². The summed E-state index contributed by atoms with van der Waals surface area (Å²) in [5, 5.41) is 16.4. The first kappa shape index (κ1) is 11.9. The van der Waals surface area contributed by atoms with Crippen LogP contribution in [0.15, 0.2) is 30.5 Å². The number of carboxylic acids is 1. The molecule has 1 heterocycles. The first-order valence-corrected chi connectivity index (χ1v) is 6.45. The van der Waals surface area contributed by atoms with Crippen molar-refractivity contribution in [2.45, 2.75) is 31.7 Å². The van der Waals surface area contributed by atoms with E-state index in [1.807, 2.05) is 0 Å². The number of carbonyl (C=O) groups is 1. The molecule has 1 aliphatic carbocycles. The zero-order chi connectivity index (χ0) is 13.2. The Hall–Kier alpha value is -2.17. The van der Waals surface area contributed by atoms with Crippen molar-refractivity contribution >= 4 is 5.97 Å². The Morgan fingerprint density at radius 3 is 3.05 bits per heavy atom. The molecule has 0 radical (unpaired) electrons. The zero-order valence-corrected chi connectivity index (χ0v) is 10.5. The third-order valence-corrected chi connectivity index (χ3v) is 3.66. The molecule has 1 aromatic heterocycles. The smallest absolute Gasteiger partial charge is 0.358 e. The number of aromatic carboxylic acids is 1. The Balaban J connectivity index is 1.82. The van der Waals surface area contributed by atoms with Crippen molar-refractivity contribution < 1.29 is 9.90 Å². The van der Waals surface area contributed by atoms with Gasteiger partial charge in [0.25, 0.3) is 0 Å².